The number of benzene rings is 14. The van der Waals surface area contributed by atoms with Crippen LogP contribution in [-0.2, 0) is 0 Å². The lowest BCUT2D eigenvalue weighted by Crippen LogP contribution is -2.02. The van der Waals surface area contributed by atoms with Crippen LogP contribution in [0.25, 0.3) is 218 Å². The summed E-state index contributed by atoms with van der Waals surface area (Å²) in [4.78, 5) is 25.6. The lowest BCUT2D eigenvalue weighted by Gasteiger charge is -2.11. The largest absolute Gasteiger partial charge is 0.456 e. The molecule has 0 atom stereocenters. The highest BCUT2D eigenvalue weighted by Gasteiger charge is 2.26. The molecule has 24 aromatic rings. The zero-order valence-corrected chi connectivity index (χ0v) is 57.1. The summed E-state index contributed by atoms with van der Waals surface area (Å²) in [5.74, 6) is 0.677. The second-order valence-corrected chi connectivity index (χ2v) is 30.1. The molecule has 0 radical (unpaired) electrons. The molecule has 10 aromatic heterocycles. The van der Waals surface area contributed by atoms with Crippen LogP contribution < -0.4 is 0 Å². The van der Waals surface area contributed by atoms with Gasteiger partial charge in [0.15, 0.2) is 0 Å². The van der Waals surface area contributed by atoms with Crippen LogP contribution in [0.2, 0.25) is 5.28 Å². The van der Waals surface area contributed by atoms with Gasteiger partial charge in [0.25, 0.3) is 0 Å². The van der Waals surface area contributed by atoms with Gasteiger partial charge in [-0.05, 0) is 118 Å². The first-order chi connectivity index (χ1) is 50.0. The van der Waals surface area contributed by atoms with E-state index >= 15 is 0 Å². The Balaban J connectivity index is 0.000000106. The van der Waals surface area contributed by atoms with Gasteiger partial charge in [-0.25, -0.2) is 19.9 Å². The zero-order chi connectivity index (χ0) is 66.1. The Kier molecular flexibility index (Phi) is 12.5. The molecule has 0 amide bonds. The summed E-state index contributed by atoms with van der Waals surface area (Å²) in [7, 11) is 0. The van der Waals surface area contributed by atoms with E-state index in [0.717, 1.165) is 103 Å². The molecule has 0 unspecified atom stereocenters. The van der Waals surface area contributed by atoms with Crippen LogP contribution in [-0.4, -0.2) is 29.5 Å². The first-order valence-electron chi connectivity index (χ1n) is 33.3. The molecule has 101 heavy (non-hydrogen) atoms. The van der Waals surface area contributed by atoms with Gasteiger partial charge in [0.2, 0.25) is 11.2 Å². The van der Waals surface area contributed by atoms with Crippen LogP contribution in [0.1, 0.15) is 0 Å². The maximum atomic E-state index is 6.26. The Hall–Kier alpha value is -11.9. The molecule has 0 bridgehead atoms. The number of furan rings is 2. The minimum Gasteiger partial charge on any atom is -0.456 e. The van der Waals surface area contributed by atoms with Crippen molar-refractivity contribution >= 4 is 247 Å². The molecule has 1 N–H and O–H groups in total. The maximum Gasteiger partial charge on any atom is 0.236 e. The topological polar surface area (TPSA) is 98.6 Å². The number of rotatable bonds is 3. The van der Waals surface area contributed by atoms with E-state index in [4.69, 9.17) is 30.4 Å². The van der Waals surface area contributed by atoms with E-state index in [1.54, 1.807) is 22.7 Å². The Labute approximate surface area is 593 Å². The Morgan fingerprint density at radius 3 is 1.29 bits per heavy atom. The summed E-state index contributed by atoms with van der Waals surface area (Å²) in [5, 5.41) is 24.7. The fraction of sp³-hybridized carbons (Fsp3) is 0. The van der Waals surface area contributed by atoms with Crippen molar-refractivity contribution in [3.63, 3.8) is 0 Å². The van der Waals surface area contributed by atoms with Gasteiger partial charge >= 0.3 is 0 Å². The number of aromatic nitrogens is 6. The van der Waals surface area contributed by atoms with Crippen LogP contribution in [0.3, 0.4) is 0 Å². The van der Waals surface area contributed by atoms with Gasteiger partial charge in [0.05, 0.1) is 37.3 Å². The van der Waals surface area contributed by atoms with Crippen LogP contribution in [0.5, 0.6) is 0 Å². The molecule has 0 saturated carbocycles. The smallest absolute Gasteiger partial charge is 0.236 e. The highest BCUT2D eigenvalue weighted by atomic mass is 35.5. The lowest BCUT2D eigenvalue weighted by molar-refractivity contribution is 0.668. The van der Waals surface area contributed by atoms with Crippen LogP contribution >= 0.6 is 56.9 Å². The average molecular weight is 1380 g/mol. The Bertz CT molecular complexity index is 7550. The van der Waals surface area contributed by atoms with Crippen molar-refractivity contribution in [2.45, 2.75) is 0 Å². The van der Waals surface area contributed by atoms with Gasteiger partial charge in [-0.15, -0.1) is 45.3 Å². The molecule has 13 heteroatoms. The number of nitrogens with one attached hydrogen (secondary N) is 1. The van der Waals surface area contributed by atoms with E-state index in [9.17, 15) is 0 Å². The van der Waals surface area contributed by atoms with Gasteiger partial charge in [-0.2, -0.15) is 0 Å². The van der Waals surface area contributed by atoms with Gasteiger partial charge in [-0.3, -0.25) is 4.57 Å². The Morgan fingerprint density at radius 1 is 0.307 bits per heavy atom. The van der Waals surface area contributed by atoms with Crippen molar-refractivity contribution in [2.75, 3.05) is 0 Å². The fourth-order valence-corrected chi connectivity index (χ4v) is 20.7. The van der Waals surface area contributed by atoms with Crippen LogP contribution in [0.15, 0.2) is 288 Å². The monoisotopic (exact) mass is 1380 g/mol. The molecular formula is C88H47ClN6O2S4. The van der Waals surface area contributed by atoms with Crippen molar-refractivity contribution in [1.29, 1.82) is 0 Å². The molecule has 24 rings (SSSR count). The van der Waals surface area contributed by atoms with E-state index < -0.39 is 0 Å². The van der Waals surface area contributed by atoms with E-state index in [1.807, 2.05) is 77.3 Å². The highest BCUT2D eigenvalue weighted by Crippen LogP contribution is 2.51. The van der Waals surface area contributed by atoms with Crippen molar-refractivity contribution in [2.24, 2.45) is 0 Å². The summed E-state index contributed by atoms with van der Waals surface area (Å²) in [6.07, 6.45) is 0. The van der Waals surface area contributed by atoms with Gasteiger partial charge < -0.3 is 13.8 Å². The second-order valence-electron chi connectivity index (χ2n) is 25.6. The highest BCUT2D eigenvalue weighted by molar-refractivity contribution is 7.27. The third kappa shape index (κ3) is 8.57. The summed E-state index contributed by atoms with van der Waals surface area (Å²) in [6.45, 7) is 0. The number of H-pyrrole nitrogens is 1. The number of thiophene rings is 4. The fourth-order valence-electron chi connectivity index (χ4n) is 15.8. The maximum absolute atomic E-state index is 6.26. The molecule has 0 spiro atoms. The molecule has 8 nitrogen and oxygen atoms in total. The molecule has 14 aromatic carbocycles. The van der Waals surface area contributed by atoms with Crippen molar-refractivity contribution in [3.8, 4) is 28.5 Å². The number of hydrogen-bond donors (Lipinski definition) is 1. The van der Waals surface area contributed by atoms with Crippen molar-refractivity contribution in [3.05, 3.63) is 284 Å². The first-order valence-corrected chi connectivity index (χ1v) is 37.0. The normalized spacial score (nSPS) is 12.2. The summed E-state index contributed by atoms with van der Waals surface area (Å²) >= 11 is 13.4. The summed E-state index contributed by atoms with van der Waals surface area (Å²) in [5.41, 5.74) is 12.1. The molecule has 0 aliphatic rings. The van der Waals surface area contributed by atoms with Crippen LogP contribution in [0.4, 0.5) is 0 Å². The molecule has 10 heterocycles. The van der Waals surface area contributed by atoms with Crippen molar-refractivity contribution in [1.82, 2.24) is 29.5 Å². The number of aromatic amines is 1. The number of halogens is 1. The number of nitrogens with zero attached hydrogens (tertiary/aromatic N) is 5. The van der Waals surface area contributed by atoms with Gasteiger partial charge in [-0.1, -0.05) is 194 Å². The van der Waals surface area contributed by atoms with Gasteiger partial charge in [0.1, 0.15) is 32.0 Å². The number of hydrogen-bond acceptors (Lipinski definition) is 10. The van der Waals surface area contributed by atoms with E-state index in [1.165, 1.54) is 109 Å². The van der Waals surface area contributed by atoms with Gasteiger partial charge in [0, 0.05) is 122 Å². The van der Waals surface area contributed by atoms with E-state index in [2.05, 4.69) is 244 Å². The van der Waals surface area contributed by atoms with E-state index in [0.29, 0.717) is 5.95 Å². The molecule has 0 saturated heterocycles. The zero-order valence-electron chi connectivity index (χ0n) is 53.1. The number of fused-ring (bicyclic) bond motifs is 32. The minimum atomic E-state index is 0.265. The standard InChI is InChI=1S/C44H23N3OS2.C22H11ClN2OS.C22H13NS/c1-2-13-27-26(12-1)37-28-14-3-7-17-32(28)47(41(37)42-38(27)29-15-5-9-19-35(29)49-42)44-45-40(39-30-16-6-10-20-36(30)50-43(39)46-44)24-21-22-34-31(23-24)25-11-4-8-18-33(25)48-34;23-22-24-20(19-14-6-2-4-8-18(14)27-21(19)25-22)12-9-10-17-15(11-12)13-5-1-3-7-16(13)26-17;1-2-8-14-13(7-1)19-15-9-3-5-11-17(15)23-21(19)22-20(14)16-10-4-6-12-18(16)24-22/h1-23H;1-11H;1-12,23H. The molecule has 0 aliphatic carbocycles. The molecular weight excluding hydrogens is 1340 g/mol. The van der Waals surface area contributed by atoms with E-state index in [-0.39, 0.29) is 5.28 Å². The summed E-state index contributed by atoms with van der Waals surface area (Å²) < 4.78 is 22.1. The predicted octanol–water partition coefficient (Wildman–Crippen LogP) is 26.9. The lowest BCUT2D eigenvalue weighted by atomic mass is 9.99. The number of para-hydroxylation sites is 4. The molecule has 0 fully saturated rings. The Morgan fingerprint density at radius 2 is 0.713 bits per heavy atom. The van der Waals surface area contributed by atoms with Crippen molar-refractivity contribution < 1.29 is 8.83 Å². The predicted molar refractivity (Wildman–Crippen MR) is 431 cm³/mol. The third-order valence-corrected chi connectivity index (χ3v) is 24.7. The summed E-state index contributed by atoms with van der Waals surface area (Å²) in [6, 6.07) is 98.4. The minimum absolute atomic E-state index is 0.265. The quantitative estimate of drug-likeness (QED) is 0.177. The average Bonchev–Trinajstić information content (AvgIpc) is 1.54. The van der Waals surface area contributed by atoms with Crippen LogP contribution in [0, 0.1) is 0 Å². The first kappa shape index (κ1) is 57.1. The third-order valence-electron chi connectivity index (χ3n) is 20.1. The second kappa shape index (κ2) is 22.1. The SMILES string of the molecule is Clc1nc(-c2ccc3oc4ccccc4c3c2)c2c(n1)sc1ccccc12.c1ccc2c(c1)[nH]c1c3sc4ccccc4c3c3ccccc3c21.c1ccc2c(c1)oc1ccc(-c3nc(-n4c5ccccc5c5c6ccccc6c6c7ccccc7sc6c54)nc4sc5ccccc5c34)cc12. The molecule has 472 valence electrons. The molecule has 0 aliphatic heterocycles.